The van der Waals surface area contributed by atoms with E-state index in [9.17, 15) is 14.4 Å². The van der Waals surface area contributed by atoms with Crippen LogP contribution in [0.1, 0.15) is 51.4 Å². The molecule has 2 atom stereocenters. The Balaban J connectivity index is 1.27. The summed E-state index contributed by atoms with van der Waals surface area (Å²) in [5, 5.41) is 9.41. The van der Waals surface area contributed by atoms with Crippen molar-refractivity contribution in [3.63, 3.8) is 0 Å². The maximum atomic E-state index is 13.0. The fourth-order valence-electron chi connectivity index (χ4n) is 4.96. The van der Waals surface area contributed by atoms with Crippen LogP contribution in [0.15, 0.2) is 42.5 Å². The molecule has 3 amide bonds. The molecule has 3 heterocycles. The molecule has 2 aromatic carbocycles. The van der Waals surface area contributed by atoms with Gasteiger partial charge in [-0.15, -0.1) is 0 Å². The van der Waals surface area contributed by atoms with Crippen molar-refractivity contribution in [3.8, 4) is 0 Å². The molecule has 3 aliphatic rings. The Morgan fingerprint density at radius 2 is 1.94 bits per heavy atom. The fourth-order valence-corrected chi connectivity index (χ4v) is 4.96. The number of benzene rings is 2. The van der Waals surface area contributed by atoms with Crippen molar-refractivity contribution in [2.45, 2.75) is 44.4 Å². The molecule has 31 heavy (non-hydrogen) atoms. The van der Waals surface area contributed by atoms with Gasteiger partial charge in [-0.05, 0) is 34.7 Å². The summed E-state index contributed by atoms with van der Waals surface area (Å²) >= 11 is 0. The van der Waals surface area contributed by atoms with E-state index in [0.717, 1.165) is 30.8 Å². The average molecular weight is 418 g/mol. The quantitative estimate of drug-likeness (QED) is 0.639. The van der Waals surface area contributed by atoms with E-state index in [1.165, 1.54) is 11.1 Å². The number of fused-ring (bicyclic) bond motifs is 2. The summed E-state index contributed by atoms with van der Waals surface area (Å²) in [4.78, 5) is 38.3. The monoisotopic (exact) mass is 418 g/mol. The van der Waals surface area contributed by atoms with Crippen LogP contribution < -0.4 is 16.0 Å². The second-order valence-corrected chi connectivity index (χ2v) is 8.50. The van der Waals surface area contributed by atoms with E-state index in [2.05, 4.69) is 40.2 Å². The smallest absolute Gasteiger partial charge is 0.255 e. The highest BCUT2D eigenvalue weighted by atomic mass is 16.2. The van der Waals surface area contributed by atoms with Gasteiger partial charge in [-0.3, -0.25) is 19.7 Å². The second-order valence-electron chi connectivity index (χ2n) is 8.50. The highest BCUT2D eigenvalue weighted by molar-refractivity contribution is 6.05. The molecule has 7 heteroatoms. The second kappa shape index (κ2) is 8.24. The summed E-state index contributed by atoms with van der Waals surface area (Å²) in [6, 6.07) is 13.7. The normalized spacial score (nSPS) is 22.8. The van der Waals surface area contributed by atoms with E-state index in [0.29, 0.717) is 31.0 Å². The molecule has 0 aromatic heterocycles. The lowest BCUT2D eigenvalue weighted by Gasteiger charge is -2.29. The molecule has 3 aliphatic heterocycles. The van der Waals surface area contributed by atoms with E-state index >= 15 is 0 Å². The number of piperidine rings is 1. The van der Waals surface area contributed by atoms with Gasteiger partial charge < -0.3 is 15.5 Å². The van der Waals surface area contributed by atoms with Gasteiger partial charge in [0, 0.05) is 50.6 Å². The summed E-state index contributed by atoms with van der Waals surface area (Å²) in [7, 11) is 0. The first-order valence-corrected chi connectivity index (χ1v) is 10.9. The molecule has 1 saturated heterocycles. The third kappa shape index (κ3) is 3.75. The molecule has 0 spiro atoms. The Labute approximate surface area is 181 Å². The minimum atomic E-state index is -0.580. The largest absolute Gasteiger partial charge is 0.322 e. The molecular weight excluding hydrogens is 392 g/mol. The number of hydrogen-bond acceptors (Lipinski definition) is 5. The molecular formula is C24H26N4O3. The standard InChI is InChI=1S/C24H26N4O3/c29-22-9-8-21(23(30)27-22)28-14-20-16(5-3-7-19(20)24(28)31)11-26-13-17-12-25-10-15-4-1-2-6-18(15)17/h1-7,17,21,25-26H,8-14H2,(H,27,29,30). The SMILES string of the molecule is O=C1CCC(N2Cc3c(CNCC4CNCc5ccccc54)cccc3C2=O)C(=O)N1. The molecule has 2 unspecified atom stereocenters. The van der Waals surface area contributed by atoms with Gasteiger partial charge in [0.1, 0.15) is 6.04 Å². The summed E-state index contributed by atoms with van der Waals surface area (Å²) in [6.45, 7) is 3.78. The Bertz CT molecular complexity index is 1050. The highest BCUT2D eigenvalue weighted by Gasteiger charge is 2.39. The summed E-state index contributed by atoms with van der Waals surface area (Å²) in [5.74, 6) is -0.366. The van der Waals surface area contributed by atoms with Crippen LogP contribution in [-0.2, 0) is 29.2 Å². The van der Waals surface area contributed by atoms with Crippen LogP contribution in [0.2, 0.25) is 0 Å². The number of rotatable bonds is 5. The molecule has 0 bridgehead atoms. The summed E-state index contributed by atoms with van der Waals surface area (Å²) in [6.07, 6.45) is 0.647. The lowest BCUT2D eigenvalue weighted by atomic mass is 9.91. The van der Waals surface area contributed by atoms with E-state index in [4.69, 9.17) is 0 Å². The predicted molar refractivity (Wildman–Crippen MR) is 115 cm³/mol. The van der Waals surface area contributed by atoms with Crippen molar-refractivity contribution >= 4 is 17.7 Å². The third-order valence-corrected chi connectivity index (χ3v) is 6.59. The molecule has 0 aliphatic carbocycles. The van der Waals surface area contributed by atoms with E-state index in [-0.39, 0.29) is 24.1 Å². The summed E-state index contributed by atoms with van der Waals surface area (Å²) in [5.41, 5.74) is 5.47. The maximum Gasteiger partial charge on any atom is 0.255 e. The summed E-state index contributed by atoms with van der Waals surface area (Å²) < 4.78 is 0. The fraction of sp³-hybridized carbons (Fsp3) is 0.375. The first-order chi connectivity index (χ1) is 15.1. The van der Waals surface area contributed by atoms with Gasteiger partial charge in [0.25, 0.3) is 5.91 Å². The van der Waals surface area contributed by atoms with Crippen molar-refractivity contribution in [3.05, 3.63) is 70.3 Å². The Hall–Kier alpha value is -3.03. The molecule has 0 saturated carbocycles. The van der Waals surface area contributed by atoms with Crippen LogP contribution in [0.4, 0.5) is 0 Å². The number of nitrogens with one attached hydrogen (secondary N) is 3. The van der Waals surface area contributed by atoms with Crippen molar-refractivity contribution in [2.24, 2.45) is 0 Å². The third-order valence-electron chi connectivity index (χ3n) is 6.59. The molecule has 160 valence electrons. The van der Waals surface area contributed by atoms with Crippen molar-refractivity contribution in [1.29, 1.82) is 0 Å². The average Bonchev–Trinajstić information content (AvgIpc) is 3.11. The van der Waals surface area contributed by atoms with Gasteiger partial charge >= 0.3 is 0 Å². The van der Waals surface area contributed by atoms with Gasteiger partial charge in [0.15, 0.2) is 0 Å². The van der Waals surface area contributed by atoms with E-state index < -0.39 is 6.04 Å². The van der Waals surface area contributed by atoms with Crippen LogP contribution in [0.25, 0.3) is 0 Å². The first-order valence-electron chi connectivity index (χ1n) is 10.9. The maximum absolute atomic E-state index is 13.0. The van der Waals surface area contributed by atoms with Crippen LogP contribution >= 0.6 is 0 Å². The van der Waals surface area contributed by atoms with Crippen molar-refractivity contribution in [1.82, 2.24) is 20.9 Å². The number of carbonyl (C=O) groups excluding carboxylic acids is 3. The zero-order valence-electron chi connectivity index (χ0n) is 17.3. The van der Waals surface area contributed by atoms with Crippen molar-refractivity contribution < 1.29 is 14.4 Å². The number of imide groups is 1. The van der Waals surface area contributed by atoms with Gasteiger partial charge in [0.2, 0.25) is 11.8 Å². The lowest BCUT2D eigenvalue weighted by Crippen LogP contribution is -2.52. The van der Waals surface area contributed by atoms with Gasteiger partial charge in [-0.25, -0.2) is 0 Å². The molecule has 2 aromatic rings. The first kappa shape index (κ1) is 19.9. The Morgan fingerprint density at radius 3 is 2.81 bits per heavy atom. The van der Waals surface area contributed by atoms with Crippen LogP contribution in [0.5, 0.6) is 0 Å². The minimum Gasteiger partial charge on any atom is -0.322 e. The number of amides is 3. The lowest BCUT2D eigenvalue weighted by molar-refractivity contribution is -0.136. The van der Waals surface area contributed by atoms with Gasteiger partial charge in [-0.2, -0.15) is 0 Å². The minimum absolute atomic E-state index is 0.128. The number of hydrogen-bond donors (Lipinski definition) is 3. The Morgan fingerprint density at radius 1 is 1.06 bits per heavy atom. The molecule has 1 fully saturated rings. The van der Waals surface area contributed by atoms with Crippen LogP contribution in [-0.4, -0.2) is 41.8 Å². The van der Waals surface area contributed by atoms with E-state index in [1.807, 2.05) is 18.2 Å². The molecule has 0 radical (unpaired) electrons. The van der Waals surface area contributed by atoms with E-state index in [1.54, 1.807) is 4.90 Å². The predicted octanol–water partition coefficient (Wildman–Crippen LogP) is 1.42. The molecule has 3 N–H and O–H groups in total. The molecule has 5 rings (SSSR count). The van der Waals surface area contributed by atoms with Crippen LogP contribution in [0, 0.1) is 0 Å². The number of nitrogens with zero attached hydrogens (tertiary/aromatic N) is 1. The van der Waals surface area contributed by atoms with Gasteiger partial charge in [-0.1, -0.05) is 36.4 Å². The zero-order chi connectivity index (χ0) is 21.4. The Kier molecular flexibility index (Phi) is 5.29. The zero-order valence-corrected chi connectivity index (χ0v) is 17.3. The van der Waals surface area contributed by atoms with Gasteiger partial charge in [0.05, 0.1) is 0 Å². The van der Waals surface area contributed by atoms with Crippen molar-refractivity contribution in [2.75, 3.05) is 13.1 Å². The highest BCUT2D eigenvalue weighted by Crippen LogP contribution is 2.30. The topological polar surface area (TPSA) is 90.5 Å². The number of carbonyl (C=O) groups is 3. The van der Waals surface area contributed by atoms with Crippen LogP contribution in [0.3, 0.4) is 0 Å². The molecule has 7 nitrogen and oxygen atoms in total.